The lowest BCUT2D eigenvalue weighted by atomic mass is 9.90. The molecule has 0 aromatic heterocycles. The molecular weight excluding hydrogens is 881 g/mol. The summed E-state index contributed by atoms with van der Waals surface area (Å²) in [7, 11) is 0. The van der Waals surface area contributed by atoms with Gasteiger partial charge in [0, 0.05) is 13.2 Å². The van der Waals surface area contributed by atoms with E-state index >= 15 is 0 Å². The molecule has 0 aliphatic rings. The zero-order valence-corrected chi connectivity index (χ0v) is 52.2. The largest absolute Gasteiger partial charge is 0.381 e. The van der Waals surface area contributed by atoms with Gasteiger partial charge in [0.05, 0.1) is 0 Å². The molecule has 0 radical (unpaired) electrons. The van der Waals surface area contributed by atoms with Gasteiger partial charge in [0.25, 0.3) is 0 Å². The molecule has 0 saturated carbocycles. The fourth-order valence-corrected chi connectivity index (χ4v) is 12.4. The highest BCUT2D eigenvalue weighted by Gasteiger charge is 2.11. The second-order valence-corrected chi connectivity index (χ2v) is 25.2. The third-order valence-electron chi connectivity index (χ3n) is 17.7. The normalized spacial score (nSPS) is 11.9. The van der Waals surface area contributed by atoms with E-state index in [9.17, 15) is 0 Å². The van der Waals surface area contributed by atoms with Gasteiger partial charge < -0.3 is 4.74 Å². The zero-order chi connectivity index (χ0) is 52.5. The van der Waals surface area contributed by atoms with Crippen LogP contribution in [0.3, 0.4) is 0 Å². The van der Waals surface area contributed by atoms with Crippen LogP contribution in [-0.2, 0) is 4.74 Å². The lowest BCUT2D eigenvalue weighted by Crippen LogP contribution is -2.06. The Morgan fingerprint density at radius 2 is 0.274 bits per heavy atom. The summed E-state index contributed by atoms with van der Waals surface area (Å²) < 4.78 is 6.44. The van der Waals surface area contributed by atoms with E-state index < -0.39 is 0 Å². The Kier molecular flexibility index (Phi) is 68.0. The SMILES string of the molecule is CCCCCCCCCCCCCCCCC(CCCCCCCCCCCCCCCC)CCCOCCCC(CCCCCCCCCCCCCCCC)CCCCCCCCCCCCCCCC. The molecule has 0 saturated heterocycles. The fourth-order valence-electron chi connectivity index (χ4n) is 12.4. The van der Waals surface area contributed by atoms with Gasteiger partial charge in [-0.2, -0.15) is 0 Å². The minimum atomic E-state index is 0.942. The summed E-state index contributed by atoms with van der Waals surface area (Å²) in [6, 6.07) is 0. The van der Waals surface area contributed by atoms with Gasteiger partial charge >= 0.3 is 0 Å². The molecule has 1 nitrogen and oxygen atoms in total. The summed E-state index contributed by atoms with van der Waals surface area (Å²) in [4.78, 5) is 0. The van der Waals surface area contributed by atoms with Gasteiger partial charge in [0.1, 0.15) is 0 Å². The summed E-state index contributed by atoms with van der Waals surface area (Å²) in [6.45, 7) is 11.3. The second kappa shape index (κ2) is 68.1. The van der Waals surface area contributed by atoms with Crippen molar-refractivity contribution in [2.45, 2.75) is 439 Å². The first-order valence-corrected chi connectivity index (χ1v) is 35.9. The van der Waals surface area contributed by atoms with Gasteiger partial charge in [0.15, 0.2) is 0 Å². The Morgan fingerprint density at radius 3 is 0.425 bits per heavy atom. The van der Waals surface area contributed by atoms with Crippen LogP contribution in [-0.4, -0.2) is 13.2 Å². The molecule has 0 N–H and O–H groups in total. The van der Waals surface area contributed by atoms with Gasteiger partial charge in [-0.05, 0) is 37.5 Å². The zero-order valence-electron chi connectivity index (χ0n) is 52.2. The number of hydrogen-bond acceptors (Lipinski definition) is 1. The van der Waals surface area contributed by atoms with E-state index in [1.54, 1.807) is 0 Å². The quantitative estimate of drug-likeness (QED) is 0.0552. The van der Waals surface area contributed by atoms with Gasteiger partial charge in [-0.25, -0.2) is 0 Å². The highest BCUT2D eigenvalue weighted by Crippen LogP contribution is 2.26. The molecule has 1 heteroatoms. The molecule has 0 aliphatic carbocycles. The predicted molar refractivity (Wildman–Crippen MR) is 336 cm³/mol. The Balaban J connectivity index is 4.58. The van der Waals surface area contributed by atoms with Crippen molar-refractivity contribution in [2.75, 3.05) is 13.2 Å². The smallest absolute Gasteiger partial charge is 0.0466 e. The van der Waals surface area contributed by atoms with Crippen molar-refractivity contribution < 1.29 is 4.74 Å². The fraction of sp³-hybridized carbons (Fsp3) is 1.00. The monoisotopic (exact) mass is 1030 g/mol. The highest BCUT2D eigenvalue weighted by molar-refractivity contribution is 4.65. The minimum absolute atomic E-state index is 0.942. The molecule has 0 rings (SSSR count). The standard InChI is InChI=1S/C72H146O/c1-5-9-13-17-21-25-29-33-37-41-45-49-53-57-63-71(64-58-54-50-46-42-38-34-30-26-22-18-14-10-6-2)67-61-69-73-70-62-68-72(65-59-55-51-47-43-39-35-31-27-23-19-15-11-7-3)66-60-56-52-48-44-40-36-32-28-24-20-16-12-8-4/h71-72H,5-70H2,1-4H3. The maximum Gasteiger partial charge on any atom is 0.0466 e. The summed E-state index contributed by atoms with van der Waals surface area (Å²) >= 11 is 0. The molecule has 0 heterocycles. The van der Waals surface area contributed by atoms with Crippen molar-refractivity contribution in [3.63, 3.8) is 0 Å². The van der Waals surface area contributed by atoms with Crippen LogP contribution >= 0.6 is 0 Å². The molecule has 0 aromatic rings. The van der Waals surface area contributed by atoms with Crippen LogP contribution in [0.5, 0.6) is 0 Å². The molecule has 0 aromatic carbocycles. The third kappa shape index (κ3) is 64.4. The number of rotatable bonds is 68. The van der Waals surface area contributed by atoms with E-state index in [1.807, 2.05) is 0 Å². The van der Waals surface area contributed by atoms with Crippen LogP contribution in [0.15, 0.2) is 0 Å². The summed E-state index contributed by atoms with van der Waals surface area (Å²) in [5, 5.41) is 0. The van der Waals surface area contributed by atoms with E-state index in [0.717, 1.165) is 25.0 Å². The number of unbranched alkanes of at least 4 members (excludes halogenated alkanes) is 52. The van der Waals surface area contributed by atoms with E-state index in [0.29, 0.717) is 0 Å². The van der Waals surface area contributed by atoms with Crippen LogP contribution in [0.25, 0.3) is 0 Å². The van der Waals surface area contributed by atoms with Crippen molar-refractivity contribution in [1.82, 2.24) is 0 Å². The van der Waals surface area contributed by atoms with E-state index in [-0.39, 0.29) is 0 Å². The Morgan fingerprint density at radius 1 is 0.151 bits per heavy atom. The van der Waals surface area contributed by atoms with Gasteiger partial charge in [-0.1, -0.05) is 413 Å². The van der Waals surface area contributed by atoms with E-state index in [4.69, 9.17) is 4.74 Å². The minimum Gasteiger partial charge on any atom is -0.381 e. The van der Waals surface area contributed by atoms with Crippen LogP contribution < -0.4 is 0 Å². The molecule has 0 fully saturated rings. The topological polar surface area (TPSA) is 9.23 Å². The van der Waals surface area contributed by atoms with Crippen molar-refractivity contribution in [3.05, 3.63) is 0 Å². The van der Waals surface area contributed by atoms with Crippen LogP contribution in [0.4, 0.5) is 0 Å². The number of hydrogen-bond donors (Lipinski definition) is 0. The number of ether oxygens (including phenoxy) is 1. The first kappa shape index (κ1) is 73.0. The average Bonchev–Trinajstić information content (AvgIpc) is 3.40. The van der Waals surface area contributed by atoms with Crippen LogP contribution in [0, 0.1) is 11.8 Å². The molecule has 73 heavy (non-hydrogen) atoms. The summed E-state index contributed by atoms with van der Waals surface area (Å²) in [6.07, 6.45) is 93.5. The average molecular weight is 1030 g/mol. The van der Waals surface area contributed by atoms with E-state index in [2.05, 4.69) is 27.7 Å². The van der Waals surface area contributed by atoms with Crippen molar-refractivity contribution in [3.8, 4) is 0 Å². The first-order chi connectivity index (χ1) is 36.3. The maximum atomic E-state index is 6.44. The molecule has 0 bridgehead atoms. The Labute approximate surface area is 466 Å². The van der Waals surface area contributed by atoms with E-state index in [1.165, 1.54) is 411 Å². The highest BCUT2D eigenvalue weighted by atomic mass is 16.5. The summed E-state index contributed by atoms with van der Waals surface area (Å²) in [5.41, 5.74) is 0. The molecule has 0 amide bonds. The van der Waals surface area contributed by atoms with Crippen molar-refractivity contribution in [2.24, 2.45) is 11.8 Å². The molecular formula is C72H146O. The first-order valence-electron chi connectivity index (χ1n) is 35.9. The Bertz CT molecular complexity index is 775. The molecule has 0 spiro atoms. The third-order valence-corrected chi connectivity index (χ3v) is 17.7. The van der Waals surface area contributed by atoms with Gasteiger partial charge in [0.2, 0.25) is 0 Å². The molecule has 0 aliphatic heterocycles. The van der Waals surface area contributed by atoms with Gasteiger partial charge in [-0.3, -0.25) is 0 Å². The predicted octanol–water partition coefficient (Wildman–Crippen LogP) is 27.3. The lowest BCUT2D eigenvalue weighted by Gasteiger charge is -2.18. The van der Waals surface area contributed by atoms with Crippen molar-refractivity contribution >= 4 is 0 Å². The van der Waals surface area contributed by atoms with Gasteiger partial charge in [-0.15, -0.1) is 0 Å². The second-order valence-electron chi connectivity index (χ2n) is 25.2. The molecule has 0 unspecified atom stereocenters. The lowest BCUT2D eigenvalue weighted by molar-refractivity contribution is 0.117. The molecule has 0 atom stereocenters. The molecule has 440 valence electrons. The van der Waals surface area contributed by atoms with Crippen LogP contribution in [0.1, 0.15) is 439 Å². The Hall–Kier alpha value is -0.0400. The maximum absolute atomic E-state index is 6.44. The van der Waals surface area contributed by atoms with Crippen molar-refractivity contribution in [1.29, 1.82) is 0 Å². The summed E-state index contributed by atoms with van der Waals surface area (Å²) in [5.74, 6) is 1.88. The van der Waals surface area contributed by atoms with Crippen LogP contribution in [0.2, 0.25) is 0 Å².